The first kappa shape index (κ1) is 20.2. The summed E-state index contributed by atoms with van der Waals surface area (Å²) in [7, 11) is -3.80. The van der Waals surface area contributed by atoms with Gasteiger partial charge in [-0.2, -0.15) is 13.1 Å². The maximum Gasteiger partial charge on any atom is 0.245 e. The highest BCUT2D eigenvalue weighted by Gasteiger charge is 2.35. The van der Waals surface area contributed by atoms with Crippen molar-refractivity contribution in [3.8, 4) is 0 Å². The lowest BCUT2D eigenvalue weighted by Gasteiger charge is -2.31. The van der Waals surface area contributed by atoms with Gasteiger partial charge in [-0.15, -0.1) is 0 Å². The normalized spacial score (nSPS) is 21.6. The van der Waals surface area contributed by atoms with Crippen molar-refractivity contribution in [2.45, 2.75) is 49.6 Å². The van der Waals surface area contributed by atoms with Crippen LogP contribution in [0.5, 0.6) is 0 Å². The fraction of sp³-hybridized carbons (Fsp3) is 0.556. The second kappa shape index (κ2) is 7.96. The Labute approximate surface area is 173 Å². The average molecular weight is 438 g/mol. The number of sulfonamides is 1. The Morgan fingerprint density at radius 1 is 1.24 bits per heavy atom. The van der Waals surface area contributed by atoms with Crippen LogP contribution in [0.3, 0.4) is 0 Å². The van der Waals surface area contributed by atoms with E-state index in [2.05, 4.69) is 19.4 Å². The number of nitrogens with one attached hydrogen (secondary N) is 2. The van der Waals surface area contributed by atoms with Crippen molar-refractivity contribution in [1.29, 1.82) is 0 Å². The van der Waals surface area contributed by atoms with Crippen LogP contribution in [0.15, 0.2) is 23.1 Å². The number of carbonyl (C=O) groups is 2. The molecule has 9 nitrogen and oxygen atoms in total. The minimum absolute atomic E-state index is 0.0824. The minimum atomic E-state index is -3.80. The smallest absolute Gasteiger partial charge is 0.245 e. The van der Waals surface area contributed by atoms with E-state index in [0.717, 1.165) is 24.6 Å². The van der Waals surface area contributed by atoms with Crippen LogP contribution >= 0.6 is 11.7 Å². The number of hydrogen-bond acceptors (Lipinski definition) is 7. The Morgan fingerprint density at radius 3 is 2.79 bits per heavy atom. The molecule has 2 amide bonds. The monoisotopic (exact) mass is 437 g/mol. The fourth-order valence-electron chi connectivity index (χ4n) is 3.45. The Bertz CT molecular complexity index is 1030. The molecule has 29 heavy (non-hydrogen) atoms. The summed E-state index contributed by atoms with van der Waals surface area (Å²) >= 11 is 0.968. The highest BCUT2D eigenvalue weighted by Crippen LogP contribution is 2.28. The van der Waals surface area contributed by atoms with Crippen LogP contribution < -0.4 is 10.6 Å². The standard InChI is InChI=1S/C18H23N5O4S2/c1-11(17(24)20-13-7-8-13)19-18(25)12-4-3-9-23(10-12)29(26,27)15-6-2-5-14-16(15)22-28-21-14/h2,5-6,11-13H,3-4,7-10H2,1H3,(H,19,25)(H,20,24)/t11-,12?/m1/s1. The quantitative estimate of drug-likeness (QED) is 0.692. The summed E-state index contributed by atoms with van der Waals surface area (Å²) in [5, 5.41) is 5.59. The van der Waals surface area contributed by atoms with Gasteiger partial charge in [0.1, 0.15) is 22.0 Å². The van der Waals surface area contributed by atoms with Crippen molar-refractivity contribution in [1.82, 2.24) is 23.7 Å². The molecule has 1 aliphatic carbocycles. The minimum Gasteiger partial charge on any atom is -0.352 e. The van der Waals surface area contributed by atoms with Gasteiger partial charge in [-0.05, 0) is 44.7 Å². The summed E-state index contributed by atoms with van der Waals surface area (Å²) < 4.78 is 35.9. The van der Waals surface area contributed by atoms with Crippen LogP contribution in [0.4, 0.5) is 0 Å². The third-order valence-electron chi connectivity index (χ3n) is 5.30. The van der Waals surface area contributed by atoms with Gasteiger partial charge in [0, 0.05) is 19.1 Å². The summed E-state index contributed by atoms with van der Waals surface area (Å²) in [5.74, 6) is -0.997. The summed E-state index contributed by atoms with van der Waals surface area (Å²) in [6.45, 7) is 2.07. The van der Waals surface area contributed by atoms with Crippen LogP contribution in [0, 0.1) is 5.92 Å². The number of carbonyl (C=O) groups excluding carboxylic acids is 2. The van der Waals surface area contributed by atoms with E-state index in [9.17, 15) is 18.0 Å². The third kappa shape index (κ3) is 4.26. The molecule has 1 saturated heterocycles. The Balaban J connectivity index is 1.45. The number of amides is 2. The van der Waals surface area contributed by atoms with E-state index >= 15 is 0 Å². The number of fused-ring (bicyclic) bond motifs is 1. The van der Waals surface area contributed by atoms with Crippen LogP contribution in [0.25, 0.3) is 11.0 Å². The third-order valence-corrected chi connectivity index (χ3v) is 7.74. The van der Waals surface area contributed by atoms with E-state index in [4.69, 9.17) is 0 Å². The predicted molar refractivity (Wildman–Crippen MR) is 108 cm³/mol. The molecular weight excluding hydrogens is 414 g/mol. The van der Waals surface area contributed by atoms with Gasteiger partial charge in [0.25, 0.3) is 0 Å². The van der Waals surface area contributed by atoms with Crippen molar-refractivity contribution >= 4 is 44.6 Å². The van der Waals surface area contributed by atoms with Crippen LogP contribution in [0.2, 0.25) is 0 Å². The van der Waals surface area contributed by atoms with Gasteiger partial charge in [-0.3, -0.25) is 9.59 Å². The molecule has 2 fully saturated rings. The summed E-state index contributed by atoms with van der Waals surface area (Å²) in [6.07, 6.45) is 3.11. The van der Waals surface area contributed by atoms with Gasteiger partial charge in [-0.1, -0.05) is 6.07 Å². The molecule has 1 saturated carbocycles. The molecule has 4 rings (SSSR count). The van der Waals surface area contributed by atoms with Gasteiger partial charge < -0.3 is 10.6 Å². The zero-order valence-corrected chi connectivity index (χ0v) is 17.6. The average Bonchev–Trinajstić information content (AvgIpc) is 3.39. The SMILES string of the molecule is C[C@@H](NC(=O)C1CCCN(S(=O)(=O)c2cccc3nsnc23)C1)C(=O)NC1CC1. The first-order chi connectivity index (χ1) is 13.9. The maximum absolute atomic E-state index is 13.2. The van der Waals surface area contributed by atoms with E-state index in [1.807, 2.05) is 0 Å². The number of aromatic nitrogens is 2. The Kier molecular flexibility index (Phi) is 5.54. The van der Waals surface area contributed by atoms with Crippen LogP contribution in [0.1, 0.15) is 32.6 Å². The molecule has 1 aromatic heterocycles. The number of nitrogens with zero attached hydrogens (tertiary/aromatic N) is 3. The van der Waals surface area contributed by atoms with E-state index in [1.165, 1.54) is 10.4 Å². The molecule has 2 heterocycles. The topological polar surface area (TPSA) is 121 Å². The lowest BCUT2D eigenvalue weighted by Crippen LogP contribution is -2.50. The predicted octanol–water partition coefficient (Wildman–Crippen LogP) is 0.875. The molecule has 0 radical (unpaired) electrons. The lowest BCUT2D eigenvalue weighted by molar-refractivity contribution is -0.131. The molecule has 0 bridgehead atoms. The van der Waals surface area contributed by atoms with E-state index in [-0.39, 0.29) is 29.3 Å². The maximum atomic E-state index is 13.2. The van der Waals surface area contributed by atoms with Gasteiger partial charge in [0.05, 0.1) is 17.6 Å². The van der Waals surface area contributed by atoms with E-state index in [0.29, 0.717) is 30.4 Å². The zero-order valence-electron chi connectivity index (χ0n) is 16.0. The largest absolute Gasteiger partial charge is 0.352 e. The molecule has 1 aliphatic heterocycles. The van der Waals surface area contributed by atoms with Crippen molar-refractivity contribution in [3.63, 3.8) is 0 Å². The summed E-state index contributed by atoms with van der Waals surface area (Å²) in [4.78, 5) is 24.8. The van der Waals surface area contributed by atoms with Gasteiger partial charge >= 0.3 is 0 Å². The van der Waals surface area contributed by atoms with Gasteiger partial charge in [-0.25, -0.2) is 8.42 Å². The number of benzene rings is 1. The van der Waals surface area contributed by atoms with Crippen molar-refractivity contribution in [3.05, 3.63) is 18.2 Å². The highest BCUT2D eigenvalue weighted by molar-refractivity contribution is 7.89. The molecule has 0 spiro atoms. The molecule has 1 unspecified atom stereocenters. The number of piperidine rings is 1. The second-order valence-corrected chi connectivity index (χ2v) is 10.0. The molecule has 2 aliphatic rings. The molecule has 2 N–H and O–H groups in total. The second-order valence-electron chi connectivity index (χ2n) is 7.60. The molecular formula is C18H23N5O4S2. The summed E-state index contributed by atoms with van der Waals surface area (Å²) in [5.41, 5.74) is 0.896. The molecule has 1 aromatic carbocycles. The van der Waals surface area contributed by atoms with Crippen molar-refractivity contribution in [2.24, 2.45) is 5.92 Å². The number of rotatable bonds is 6. The molecule has 156 valence electrons. The van der Waals surface area contributed by atoms with Crippen molar-refractivity contribution in [2.75, 3.05) is 13.1 Å². The Morgan fingerprint density at radius 2 is 2.03 bits per heavy atom. The first-order valence-electron chi connectivity index (χ1n) is 9.68. The van der Waals surface area contributed by atoms with E-state index in [1.54, 1.807) is 19.1 Å². The fourth-order valence-corrected chi connectivity index (χ4v) is 5.73. The Hall–Kier alpha value is -2.11. The molecule has 2 aromatic rings. The van der Waals surface area contributed by atoms with E-state index < -0.39 is 22.0 Å². The lowest BCUT2D eigenvalue weighted by atomic mass is 9.98. The van der Waals surface area contributed by atoms with Crippen LogP contribution in [-0.2, 0) is 19.6 Å². The molecule has 2 atom stereocenters. The first-order valence-corrected chi connectivity index (χ1v) is 11.9. The van der Waals surface area contributed by atoms with Gasteiger partial charge in [0.2, 0.25) is 21.8 Å². The molecule has 11 heteroatoms. The summed E-state index contributed by atoms with van der Waals surface area (Å²) in [6, 6.07) is 4.46. The van der Waals surface area contributed by atoms with Crippen LogP contribution in [-0.4, -0.2) is 58.5 Å². The highest BCUT2D eigenvalue weighted by atomic mass is 32.2. The zero-order chi connectivity index (χ0) is 20.6. The number of hydrogen-bond donors (Lipinski definition) is 2. The van der Waals surface area contributed by atoms with Crippen molar-refractivity contribution < 1.29 is 18.0 Å². The van der Waals surface area contributed by atoms with Gasteiger partial charge in [0.15, 0.2) is 0 Å².